The first-order chi connectivity index (χ1) is 17.3. The minimum atomic E-state index is -3.86. The fourth-order valence-electron chi connectivity index (χ4n) is 4.25. The van der Waals surface area contributed by atoms with E-state index in [4.69, 9.17) is 0 Å². The van der Waals surface area contributed by atoms with Gasteiger partial charge in [-0.05, 0) is 61.7 Å². The van der Waals surface area contributed by atoms with Gasteiger partial charge in [-0.3, -0.25) is 9.59 Å². The third kappa shape index (κ3) is 5.80. The van der Waals surface area contributed by atoms with Crippen molar-refractivity contribution in [2.45, 2.75) is 30.7 Å². The van der Waals surface area contributed by atoms with Crippen LogP contribution < -0.4 is 10.6 Å². The van der Waals surface area contributed by atoms with Gasteiger partial charge in [0.15, 0.2) is 0 Å². The zero-order valence-corrected chi connectivity index (χ0v) is 20.7. The molecule has 0 spiro atoms. The first-order valence-corrected chi connectivity index (χ1v) is 13.2. The minimum Gasteiger partial charge on any atom is -0.345 e. The predicted octanol–water partition coefficient (Wildman–Crippen LogP) is 4.36. The van der Waals surface area contributed by atoms with Crippen molar-refractivity contribution in [2.24, 2.45) is 5.92 Å². The van der Waals surface area contributed by atoms with E-state index in [1.807, 2.05) is 37.3 Å². The summed E-state index contributed by atoms with van der Waals surface area (Å²) in [6, 6.07) is 20.7. The van der Waals surface area contributed by atoms with Gasteiger partial charge in [-0.25, -0.2) is 12.8 Å². The second kappa shape index (κ2) is 11.0. The monoisotopic (exact) mass is 509 g/mol. The number of sulfonamides is 1. The van der Waals surface area contributed by atoms with E-state index in [2.05, 4.69) is 10.6 Å². The highest BCUT2D eigenvalue weighted by Gasteiger charge is 2.33. The second-order valence-electron chi connectivity index (χ2n) is 8.80. The Morgan fingerprint density at radius 3 is 2.36 bits per heavy atom. The van der Waals surface area contributed by atoms with Crippen LogP contribution in [0.5, 0.6) is 0 Å². The van der Waals surface area contributed by atoms with Crippen LogP contribution in [0.1, 0.15) is 41.7 Å². The van der Waals surface area contributed by atoms with E-state index < -0.39 is 21.8 Å². The minimum absolute atomic E-state index is 0.00491. The lowest BCUT2D eigenvalue weighted by molar-refractivity contribution is -0.120. The number of anilines is 1. The molecule has 0 unspecified atom stereocenters. The van der Waals surface area contributed by atoms with E-state index in [1.165, 1.54) is 16.4 Å². The zero-order chi connectivity index (χ0) is 25.7. The quantitative estimate of drug-likeness (QED) is 0.495. The SMILES string of the molecule is C[C@@H](NC(=O)c1ccccc1NC(=O)[C@@H]1CCCN(S(=O)(=O)c2ccc(F)cc2)C1)c1ccccc1. The van der Waals surface area contributed by atoms with Gasteiger partial charge in [0.25, 0.3) is 5.91 Å². The average molecular weight is 510 g/mol. The number of carbonyl (C=O) groups excluding carboxylic acids is 2. The Bertz CT molecular complexity index is 1330. The van der Waals surface area contributed by atoms with Gasteiger partial charge in [-0.2, -0.15) is 4.31 Å². The van der Waals surface area contributed by atoms with E-state index in [-0.39, 0.29) is 35.8 Å². The number of nitrogens with zero attached hydrogens (tertiary/aromatic N) is 1. The largest absolute Gasteiger partial charge is 0.345 e. The average Bonchev–Trinajstić information content (AvgIpc) is 2.89. The molecule has 1 saturated heterocycles. The van der Waals surface area contributed by atoms with Gasteiger partial charge in [0.05, 0.1) is 28.1 Å². The van der Waals surface area contributed by atoms with Crippen LogP contribution in [0.4, 0.5) is 10.1 Å². The summed E-state index contributed by atoms with van der Waals surface area (Å²) >= 11 is 0. The van der Waals surface area contributed by atoms with Gasteiger partial charge in [0.2, 0.25) is 15.9 Å². The first-order valence-electron chi connectivity index (χ1n) is 11.8. The van der Waals surface area contributed by atoms with Crippen molar-refractivity contribution in [2.75, 3.05) is 18.4 Å². The summed E-state index contributed by atoms with van der Waals surface area (Å²) in [5.41, 5.74) is 1.64. The molecule has 0 aliphatic carbocycles. The molecule has 2 N–H and O–H groups in total. The van der Waals surface area contributed by atoms with E-state index in [0.717, 1.165) is 17.7 Å². The number of carbonyl (C=O) groups is 2. The Morgan fingerprint density at radius 1 is 0.972 bits per heavy atom. The molecule has 0 radical (unpaired) electrons. The molecule has 2 atom stereocenters. The molecule has 188 valence electrons. The van der Waals surface area contributed by atoms with Crippen molar-refractivity contribution in [3.63, 3.8) is 0 Å². The molecule has 1 heterocycles. The molecule has 3 aromatic carbocycles. The number of amides is 2. The molecule has 7 nitrogen and oxygen atoms in total. The molecule has 1 aliphatic heterocycles. The van der Waals surface area contributed by atoms with Crippen LogP contribution in [0.15, 0.2) is 83.8 Å². The summed E-state index contributed by atoms with van der Waals surface area (Å²) in [5, 5.41) is 5.77. The third-order valence-electron chi connectivity index (χ3n) is 6.28. The summed E-state index contributed by atoms with van der Waals surface area (Å²) in [6.45, 7) is 2.16. The lowest BCUT2D eigenvalue weighted by atomic mass is 9.98. The van der Waals surface area contributed by atoms with Gasteiger partial charge in [0, 0.05) is 13.1 Å². The van der Waals surface area contributed by atoms with Crippen molar-refractivity contribution in [1.82, 2.24) is 9.62 Å². The first kappa shape index (κ1) is 25.5. The van der Waals surface area contributed by atoms with Gasteiger partial charge in [0.1, 0.15) is 5.82 Å². The Kier molecular flexibility index (Phi) is 7.81. The molecule has 1 aliphatic rings. The molecule has 0 saturated carbocycles. The molecule has 0 bridgehead atoms. The molecule has 3 aromatic rings. The van der Waals surface area contributed by atoms with Crippen molar-refractivity contribution in [3.05, 3.63) is 95.8 Å². The number of benzene rings is 3. The Morgan fingerprint density at radius 2 is 1.64 bits per heavy atom. The number of hydrogen-bond donors (Lipinski definition) is 2. The maximum Gasteiger partial charge on any atom is 0.253 e. The van der Waals surface area contributed by atoms with Crippen LogP contribution in [-0.2, 0) is 14.8 Å². The van der Waals surface area contributed by atoms with Crippen molar-refractivity contribution < 1.29 is 22.4 Å². The number of rotatable bonds is 7. The van der Waals surface area contributed by atoms with E-state index in [9.17, 15) is 22.4 Å². The molecule has 4 rings (SSSR count). The third-order valence-corrected chi connectivity index (χ3v) is 8.16. The van der Waals surface area contributed by atoms with E-state index in [0.29, 0.717) is 24.1 Å². The number of halogens is 1. The van der Waals surface area contributed by atoms with Crippen LogP contribution in [0.3, 0.4) is 0 Å². The van der Waals surface area contributed by atoms with Crippen molar-refractivity contribution in [1.29, 1.82) is 0 Å². The summed E-state index contributed by atoms with van der Waals surface area (Å²) in [4.78, 5) is 26.1. The normalized spacial score (nSPS) is 17.2. The van der Waals surface area contributed by atoms with E-state index in [1.54, 1.807) is 24.3 Å². The molecular weight excluding hydrogens is 481 g/mol. The van der Waals surface area contributed by atoms with Gasteiger partial charge < -0.3 is 10.6 Å². The zero-order valence-electron chi connectivity index (χ0n) is 19.9. The lowest BCUT2D eigenvalue weighted by Crippen LogP contribution is -2.43. The number of para-hydroxylation sites is 1. The fourth-order valence-corrected chi connectivity index (χ4v) is 5.78. The fraction of sp³-hybridized carbons (Fsp3) is 0.259. The van der Waals surface area contributed by atoms with Crippen LogP contribution in [-0.4, -0.2) is 37.6 Å². The molecule has 36 heavy (non-hydrogen) atoms. The summed E-state index contributed by atoms with van der Waals surface area (Å²) in [5.74, 6) is -1.80. The second-order valence-corrected chi connectivity index (χ2v) is 10.7. The van der Waals surface area contributed by atoms with Gasteiger partial charge >= 0.3 is 0 Å². The summed E-state index contributed by atoms with van der Waals surface area (Å²) in [6.07, 6.45) is 1.02. The molecule has 0 aromatic heterocycles. The van der Waals surface area contributed by atoms with Crippen molar-refractivity contribution in [3.8, 4) is 0 Å². The highest BCUT2D eigenvalue weighted by Crippen LogP contribution is 2.26. The topological polar surface area (TPSA) is 95.6 Å². The highest BCUT2D eigenvalue weighted by molar-refractivity contribution is 7.89. The van der Waals surface area contributed by atoms with Crippen LogP contribution in [0, 0.1) is 11.7 Å². The Balaban J connectivity index is 1.45. The lowest BCUT2D eigenvalue weighted by Gasteiger charge is -2.31. The highest BCUT2D eigenvalue weighted by atomic mass is 32.2. The van der Waals surface area contributed by atoms with Crippen LogP contribution >= 0.6 is 0 Å². The van der Waals surface area contributed by atoms with Crippen molar-refractivity contribution >= 4 is 27.5 Å². The molecular formula is C27H28FN3O4S. The Hall–Kier alpha value is -3.56. The number of nitrogens with one attached hydrogen (secondary N) is 2. The molecule has 9 heteroatoms. The predicted molar refractivity (Wildman–Crippen MR) is 135 cm³/mol. The molecule has 1 fully saturated rings. The van der Waals surface area contributed by atoms with Crippen LogP contribution in [0.25, 0.3) is 0 Å². The maximum atomic E-state index is 13.2. The standard InChI is InChI=1S/C27H28FN3O4S/c1-19(20-8-3-2-4-9-20)29-27(33)24-11-5-6-12-25(24)30-26(32)21-10-7-17-31(18-21)36(34,35)23-15-13-22(28)14-16-23/h2-6,8-9,11-16,19,21H,7,10,17-18H2,1H3,(H,29,33)(H,30,32)/t19-,21-/m1/s1. The Labute approximate surface area is 210 Å². The smallest absolute Gasteiger partial charge is 0.253 e. The number of hydrogen-bond acceptors (Lipinski definition) is 4. The van der Waals surface area contributed by atoms with E-state index >= 15 is 0 Å². The molecule has 2 amide bonds. The van der Waals surface area contributed by atoms with Crippen LogP contribution in [0.2, 0.25) is 0 Å². The van der Waals surface area contributed by atoms with Gasteiger partial charge in [-0.1, -0.05) is 42.5 Å². The number of piperidine rings is 1. The summed E-state index contributed by atoms with van der Waals surface area (Å²) < 4.78 is 40.5. The summed E-state index contributed by atoms with van der Waals surface area (Å²) in [7, 11) is -3.86. The van der Waals surface area contributed by atoms with Gasteiger partial charge in [-0.15, -0.1) is 0 Å². The maximum absolute atomic E-state index is 13.2.